The summed E-state index contributed by atoms with van der Waals surface area (Å²) < 4.78 is 5.41. The number of carbonyl (C=O) groups is 2. The highest BCUT2D eigenvalue weighted by atomic mass is 35.5. The van der Waals surface area contributed by atoms with Gasteiger partial charge in [0, 0.05) is 26.2 Å². The van der Waals surface area contributed by atoms with Crippen molar-refractivity contribution in [2.24, 2.45) is 11.7 Å². The number of amides is 2. The molecule has 6 nitrogen and oxygen atoms in total. The number of piperidine rings is 1. The first-order valence-electron chi connectivity index (χ1n) is 7.37. The Kier molecular flexibility index (Phi) is 6.90. The first kappa shape index (κ1) is 18.5. The van der Waals surface area contributed by atoms with Crippen LogP contribution in [0.4, 0.5) is 0 Å². The maximum absolute atomic E-state index is 12.5. The summed E-state index contributed by atoms with van der Waals surface area (Å²) in [4.78, 5) is 26.3. The van der Waals surface area contributed by atoms with Crippen LogP contribution in [0.3, 0.4) is 0 Å². The van der Waals surface area contributed by atoms with Crippen molar-refractivity contribution in [2.75, 3.05) is 26.2 Å². The van der Waals surface area contributed by atoms with Crippen molar-refractivity contribution >= 4 is 24.2 Å². The third-order valence-corrected chi connectivity index (χ3v) is 3.79. The molecule has 0 radical (unpaired) electrons. The van der Waals surface area contributed by atoms with Crippen molar-refractivity contribution in [1.29, 1.82) is 0 Å². The van der Waals surface area contributed by atoms with Crippen LogP contribution in [0.25, 0.3) is 0 Å². The summed E-state index contributed by atoms with van der Waals surface area (Å²) in [6.07, 6.45) is 1.64. The topological polar surface area (TPSA) is 88.6 Å². The van der Waals surface area contributed by atoms with Crippen LogP contribution in [0.2, 0.25) is 0 Å². The lowest BCUT2D eigenvalue weighted by Crippen LogP contribution is -2.46. The highest BCUT2D eigenvalue weighted by Gasteiger charge is 2.30. The van der Waals surface area contributed by atoms with Gasteiger partial charge in [0.15, 0.2) is 0 Å². The number of hydrogen-bond donors (Lipinski definition) is 2. The molecule has 2 amide bonds. The van der Waals surface area contributed by atoms with Gasteiger partial charge in [0.2, 0.25) is 5.91 Å². The van der Waals surface area contributed by atoms with Crippen LogP contribution in [0.15, 0.2) is 10.5 Å². The van der Waals surface area contributed by atoms with Crippen LogP contribution in [-0.2, 0) is 4.79 Å². The van der Waals surface area contributed by atoms with Gasteiger partial charge < -0.3 is 20.4 Å². The Morgan fingerprint density at radius 3 is 2.77 bits per heavy atom. The number of furan rings is 1. The van der Waals surface area contributed by atoms with Crippen molar-refractivity contribution in [2.45, 2.75) is 26.7 Å². The average molecular weight is 330 g/mol. The highest BCUT2D eigenvalue weighted by Crippen LogP contribution is 2.21. The van der Waals surface area contributed by atoms with Gasteiger partial charge in [-0.2, -0.15) is 0 Å². The van der Waals surface area contributed by atoms with Crippen LogP contribution in [0.1, 0.15) is 34.7 Å². The predicted molar refractivity (Wildman–Crippen MR) is 86.1 cm³/mol. The van der Waals surface area contributed by atoms with E-state index in [-0.39, 0.29) is 30.1 Å². The van der Waals surface area contributed by atoms with E-state index in [9.17, 15) is 9.59 Å². The molecule has 0 spiro atoms. The van der Waals surface area contributed by atoms with E-state index in [1.807, 2.05) is 6.92 Å². The molecule has 2 heterocycles. The molecule has 1 aliphatic rings. The SMILES string of the molecule is Cc1cc(C(=O)N2CCCC(C(=O)NCCN)C2)c(C)o1.Cl. The molecule has 0 aromatic carbocycles. The number of nitrogens with zero attached hydrogens (tertiary/aromatic N) is 1. The second kappa shape index (κ2) is 8.19. The molecule has 0 saturated carbocycles. The Labute approximate surface area is 136 Å². The van der Waals surface area contributed by atoms with E-state index in [1.165, 1.54) is 0 Å². The summed E-state index contributed by atoms with van der Waals surface area (Å²) >= 11 is 0. The van der Waals surface area contributed by atoms with Crippen LogP contribution < -0.4 is 11.1 Å². The van der Waals surface area contributed by atoms with E-state index >= 15 is 0 Å². The zero-order valence-corrected chi connectivity index (χ0v) is 13.9. The molecular weight excluding hydrogens is 306 g/mol. The van der Waals surface area contributed by atoms with E-state index < -0.39 is 0 Å². The molecule has 1 atom stereocenters. The quantitative estimate of drug-likeness (QED) is 0.870. The maximum atomic E-state index is 12.5. The first-order chi connectivity index (χ1) is 10.0. The minimum absolute atomic E-state index is 0. The van der Waals surface area contributed by atoms with Gasteiger partial charge in [0.1, 0.15) is 11.5 Å². The zero-order valence-electron chi connectivity index (χ0n) is 13.1. The molecule has 1 saturated heterocycles. The molecule has 1 aliphatic heterocycles. The van der Waals surface area contributed by atoms with E-state index in [0.29, 0.717) is 37.5 Å². The normalized spacial score (nSPS) is 17.8. The number of aryl methyl sites for hydroxylation is 2. The van der Waals surface area contributed by atoms with E-state index in [4.69, 9.17) is 10.2 Å². The lowest BCUT2D eigenvalue weighted by Gasteiger charge is -2.32. The molecule has 1 aromatic heterocycles. The van der Waals surface area contributed by atoms with Crippen molar-refractivity contribution in [1.82, 2.24) is 10.2 Å². The number of hydrogen-bond acceptors (Lipinski definition) is 4. The Balaban J connectivity index is 0.00000242. The van der Waals surface area contributed by atoms with Crippen molar-refractivity contribution < 1.29 is 14.0 Å². The number of carbonyl (C=O) groups excluding carboxylic acids is 2. The van der Waals surface area contributed by atoms with Gasteiger partial charge in [-0.3, -0.25) is 9.59 Å². The molecule has 1 fully saturated rings. The van der Waals surface area contributed by atoms with Gasteiger partial charge >= 0.3 is 0 Å². The molecule has 1 unspecified atom stereocenters. The third-order valence-electron chi connectivity index (χ3n) is 3.79. The molecule has 0 bridgehead atoms. The van der Waals surface area contributed by atoms with Crippen LogP contribution >= 0.6 is 12.4 Å². The fraction of sp³-hybridized carbons (Fsp3) is 0.600. The summed E-state index contributed by atoms with van der Waals surface area (Å²) in [5.41, 5.74) is 5.98. The lowest BCUT2D eigenvalue weighted by atomic mass is 9.96. The Hall–Kier alpha value is -1.53. The Bertz CT molecular complexity index is 530. The van der Waals surface area contributed by atoms with Crippen molar-refractivity contribution in [3.8, 4) is 0 Å². The van der Waals surface area contributed by atoms with Crippen LogP contribution in [0, 0.1) is 19.8 Å². The molecule has 1 aromatic rings. The Morgan fingerprint density at radius 2 is 2.18 bits per heavy atom. The lowest BCUT2D eigenvalue weighted by molar-refractivity contribution is -0.126. The minimum atomic E-state index is -0.150. The summed E-state index contributed by atoms with van der Waals surface area (Å²) in [5, 5.41) is 2.80. The standard InChI is InChI=1S/C15H23N3O3.ClH/c1-10-8-13(11(2)21-10)15(20)18-7-3-4-12(9-18)14(19)17-6-5-16;/h8,12H,3-7,9,16H2,1-2H3,(H,17,19);1H. The number of rotatable bonds is 4. The van der Waals surface area contributed by atoms with Crippen molar-refractivity contribution in [3.05, 3.63) is 23.2 Å². The van der Waals surface area contributed by atoms with Gasteiger partial charge in [-0.1, -0.05) is 0 Å². The summed E-state index contributed by atoms with van der Waals surface area (Å²) in [5.74, 6) is 1.14. The monoisotopic (exact) mass is 329 g/mol. The fourth-order valence-electron chi connectivity index (χ4n) is 2.73. The summed E-state index contributed by atoms with van der Waals surface area (Å²) in [6, 6.07) is 1.76. The first-order valence-corrected chi connectivity index (χ1v) is 7.37. The molecule has 0 aliphatic carbocycles. The number of nitrogens with two attached hydrogens (primary N) is 1. The number of likely N-dealkylation sites (tertiary alicyclic amines) is 1. The van der Waals surface area contributed by atoms with Gasteiger partial charge in [-0.05, 0) is 32.8 Å². The second-order valence-corrected chi connectivity index (χ2v) is 5.50. The van der Waals surface area contributed by atoms with Gasteiger partial charge in [0.25, 0.3) is 5.91 Å². The second-order valence-electron chi connectivity index (χ2n) is 5.50. The molecule has 7 heteroatoms. The summed E-state index contributed by atoms with van der Waals surface area (Å²) in [6.45, 7) is 5.65. The Morgan fingerprint density at radius 1 is 1.45 bits per heavy atom. The number of nitrogens with one attached hydrogen (secondary N) is 1. The minimum Gasteiger partial charge on any atom is -0.466 e. The van der Waals surface area contributed by atoms with Crippen LogP contribution in [0.5, 0.6) is 0 Å². The molecule has 124 valence electrons. The van der Waals surface area contributed by atoms with Crippen molar-refractivity contribution in [3.63, 3.8) is 0 Å². The molecular formula is C15H24ClN3O3. The predicted octanol–water partition coefficient (Wildman–Crippen LogP) is 1.25. The van der Waals surface area contributed by atoms with E-state index in [2.05, 4.69) is 5.32 Å². The summed E-state index contributed by atoms with van der Waals surface area (Å²) in [7, 11) is 0. The smallest absolute Gasteiger partial charge is 0.257 e. The number of halogens is 1. The maximum Gasteiger partial charge on any atom is 0.257 e. The van der Waals surface area contributed by atoms with E-state index in [0.717, 1.165) is 18.6 Å². The highest BCUT2D eigenvalue weighted by molar-refractivity contribution is 5.95. The molecule has 3 N–H and O–H groups in total. The molecule has 22 heavy (non-hydrogen) atoms. The van der Waals surface area contributed by atoms with Gasteiger partial charge in [-0.15, -0.1) is 12.4 Å². The third kappa shape index (κ3) is 4.24. The van der Waals surface area contributed by atoms with Gasteiger partial charge in [-0.25, -0.2) is 0 Å². The van der Waals surface area contributed by atoms with Gasteiger partial charge in [0.05, 0.1) is 11.5 Å². The fourth-order valence-corrected chi connectivity index (χ4v) is 2.73. The zero-order chi connectivity index (χ0) is 15.4. The van der Waals surface area contributed by atoms with E-state index in [1.54, 1.807) is 17.9 Å². The largest absolute Gasteiger partial charge is 0.466 e. The molecule has 2 rings (SSSR count). The average Bonchev–Trinajstić information content (AvgIpc) is 2.82. The van der Waals surface area contributed by atoms with Crippen LogP contribution in [-0.4, -0.2) is 42.9 Å².